The molecule has 178 valence electrons. The van der Waals surface area contributed by atoms with Crippen LogP contribution in [0.5, 0.6) is 0 Å². The zero-order chi connectivity index (χ0) is 24.0. The van der Waals surface area contributed by atoms with Gasteiger partial charge in [0.2, 0.25) is 11.7 Å². The molecule has 0 spiro atoms. The molecule has 2 amide bonds. The number of carbonyl (C=O) groups is 3. The predicted molar refractivity (Wildman–Crippen MR) is 124 cm³/mol. The Morgan fingerprint density at radius 2 is 1.97 bits per heavy atom. The summed E-state index contributed by atoms with van der Waals surface area (Å²) in [6.07, 6.45) is 6.69. The van der Waals surface area contributed by atoms with Gasteiger partial charge in [0.15, 0.2) is 0 Å². The summed E-state index contributed by atoms with van der Waals surface area (Å²) >= 11 is 1.24. The molecule has 2 aromatic rings. The van der Waals surface area contributed by atoms with Gasteiger partial charge in [-0.1, -0.05) is 38.5 Å². The van der Waals surface area contributed by atoms with E-state index in [9.17, 15) is 14.4 Å². The van der Waals surface area contributed by atoms with Crippen molar-refractivity contribution in [1.82, 2.24) is 25.8 Å². The maximum Gasteiger partial charge on any atom is 0.286 e. The quantitative estimate of drug-likeness (QED) is 0.367. The Hall–Kier alpha value is -2.95. The molecule has 1 unspecified atom stereocenters. The van der Waals surface area contributed by atoms with Crippen LogP contribution < -0.4 is 16.4 Å². The van der Waals surface area contributed by atoms with Crippen LogP contribution in [0.1, 0.15) is 67.0 Å². The average molecular weight is 475 g/mol. The molecule has 2 aromatic heterocycles. The molecule has 1 aliphatic rings. The number of rotatable bonds is 9. The van der Waals surface area contributed by atoms with Crippen LogP contribution in [0.25, 0.3) is 0 Å². The Kier molecular flexibility index (Phi) is 8.43. The Morgan fingerprint density at radius 3 is 2.61 bits per heavy atom. The van der Waals surface area contributed by atoms with Crippen LogP contribution in [0.15, 0.2) is 28.0 Å². The van der Waals surface area contributed by atoms with Crippen molar-refractivity contribution in [2.45, 2.75) is 63.3 Å². The molecule has 3 rings (SSSR count). The smallest absolute Gasteiger partial charge is 0.286 e. The normalized spacial score (nSPS) is 19.2. The van der Waals surface area contributed by atoms with Crippen LogP contribution in [-0.2, 0) is 4.79 Å². The van der Waals surface area contributed by atoms with Crippen molar-refractivity contribution in [3.63, 3.8) is 0 Å². The van der Waals surface area contributed by atoms with Crippen LogP contribution in [0.3, 0.4) is 0 Å². The van der Waals surface area contributed by atoms with E-state index >= 15 is 0 Å². The van der Waals surface area contributed by atoms with Gasteiger partial charge in [-0.15, -0.1) is 10.2 Å². The summed E-state index contributed by atoms with van der Waals surface area (Å²) < 4.78 is 5.38. The molecule has 1 aliphatic carbocycles. The molecule has 10 nitrogen and oxygen atoms in total. The van der Waals surface area contributed by atoms with Gasteiger partial charge in [0.05, 0.1) is 17.5 Å². The summed E-state index contributed by atoms with van der Waals surface area (Å²) in [5.41, 5.74) is 5.97. The minimum Gasteiger partial charge on any atom is -0.408 e. The SMILES string of the molecule is CSc1nnc(C(=O)C(CC(C)C)NC(=O)[C@@H]2CCCC[C@@H]2NC(=O)c2ccc(N)nc2)o1. The number of nitrogens with zero attached hydrogens (tertiary/aromatic N) is 3. The topological polar surface area (TPSA) is 153 Å². The van der Waals surface area contributed by atoms with Crippen molar-refractivity contribution in [1.29, 1.82) is 0 Å². The van der Waals surface area contributed by atoms with E-state index in [0.717, 1.165) is 12.8 Å². The van der Waals surface area contributed by atoms with Crippen molar-refractivity contribution in [2.24, 2.45) is 11.8 Å². The number of nitrogen functional groups attached to an aromatic ring is 1. The Balaban J connectivity index is 1.71. The highest BCUT2D eigenvalue weighted by Gasteiger charge is 2.35. The lowest BCUT2D eigenvalue weighted by Gasteiger charge is -2.32. The highest BCUT2D eigenvalue weighted by atomic mass is 32.2. The van der Waals surface area contributed by atoms with Gasteiger partial charge in [-0.3, -0.25) is 14.4 Å². The second-order valence-electron chi connectivity index (χ2n) is 8.57. The summed E-state index contributed by atoms with van der Waals surface area (Å²) in [6, 6.07) is 2.03. The molecule has 3 atom stereocenters. The standard InChI is InChI=1S/C22H30N6O4S/c1-12(2)10-16(18(29)21-27-28-22(32-21)33-3)26-20(31)14-6-4-5-7-15(14)25-19(30)13-8-9-17(23)24-11-13/h8-9,11-12,14-16H,4-7,10H2,1-3H3,(H2,23,24)(H,25,30)(H,26,31)/t14-,15+,16?/m1/s1. The van der Waals surface area contributed by atoms with Gasteiger partial charge in [0.1, 0.15) is 5.82 Å². The van der Waals surface area contributed by atoms with Crippen molar-refractivity contribution in [3.8, 4) is 0 Å². The summed E-state index contributed by atoms with van der Waals surface area (Å²) in [6.45, 7) is 3.94. The number of nitrogens with two attached hydrogens (primary N) is 1. The molecule has 0 aromatic carbocycles. The number of nitrogens with one attached hydrogen (secondary N) is 2. The van der Waals surface area contributed by atoms with Crippen molar-refractivity contribution >= 4 is 35.2 Å². The number of hydrogen-bond acceptors (Lipinski definition) is 9. The van der Waals surface area contributed by atoms with E-state index in [0.29, 0.717) is 35.9 Å². The number of pyridine rings is 1. The largest absolute Gasteiger partial charge is 0.408 e. The fourth-order valence-corrected chi connectivity index (χ4v) is 4.22. The molecule has 4 N–H and O–H groups in total. The first-order valence-corrected chi connectivity index (χ1v) is 12.3. The van der Waals surface area contributed by atoms with Crippen LogP contribution in [0.4, 0.5) is 5.82 Å². The minimum absolute atomic E-state index is 0.116. The average Bonchev–Trinajstić information content (AvgIpc) is 3.28. The maximum atomic E-state index is 13.2. The van der Waals surface area contributed by atoms with Crippen LogP contribution in [-0.4, -0.2) is 51.1 Å². The number of ketones is 1. The summed E-state index contributed by atoms with van der Waals surface area (Å²) in [7, 11) is 0. The second-order valence-corrected chi connectivity index (χ2v) is 9.33. The third kappa shape index (κ3) is 6.53. The first kappa shape index (κ1) is 24.7. The minimum atomic E-state index is -0.785. The van der Waals surface area contributed by atoms with Gasteiger partial charge < -0.3 is 20.8 Å². The Labute approximate surface area is 196 Å². The summed E-state index contributed by atoms with van der Waals surface area (Å²) in [5, 5.41) is 13.8. The van der Waals surface area contributed by atoms with E-state index in [4.69, 9.17) is 10.2 Å². The van der Waals surface area contributed by atoms with E-state index in [1.54, 1.807) is 18.4 Å². The lowest BCUT2D eigenvalue weighted by Crippen LogP contribution is -2.52. The highest BCUT2D eigenvalue weighted by Crippen LogP contribution is 2.26. The third-order valence-corrected chi connectivity index (χ3v) is 6.11. The molecular weight excluding hydrogens is 444 g/mol. The molecule has 11 heteroatoms. The molecule has 0 bridgehead atoms. The lowest BCUT2D eigenvalue weighted by molar-refractivity contribution is -0.127. The van der Waals surface area contributed by atoms with E-state index in [1.165, 1.54) is 18.0 Å². The molecule has 0 radical (unpaired) electrons. The summed E-state index contributed by atoms with van der Waals surface area (Å²) in [5.74, 6) is -1.06. The van der Waals surface area contributed by atoms with Crippen LogP contribution in [0.2, 0.25) is 0 Å². The third-order valence-electron chi connectivity index (χ3n) is 5.60. The van der Waals surface area contributed by atoms with Gasteiger partial charge in [-0.2, -0.15) is 0 Å². The maximum absolute atomic E-state index is 13.2. The molecule has 1 saturated carbocycles. The first-order chi connectivity index (χ1) is 15.8. The van der Waals surface area contributed by atoms with Crippen LogP contribution in [0, 0.1) is 11.8 Å². The number of Topliss-reactive ketones (excluding diaryl/α,β-unsaturated/α-hetero) is 1. The number of amides is 2. The fourth-order valence-electron chi connectivity index (χ4n) is 3.93. The van der Waals surface area contributed by atoms with Gasteiger partial charge in [-0.05, 0) is 43.6 Å². The van der Waals surface area contributed by atoms with E-state index in [-0.39, 0.29) is 29.7 Å². The van der Waals surface area contributed by atoms with E-state index in [1.807, 2.05) is 13.8 Å². The fraction of sp³-hybridized carbons (Fsp3) is 0.545. The number of thioether (sulfide) groups is 1. The van der Waals surface area contributed by atoms with Gasteiger partial charge in [0, 0.05) is 12.2 Å². The number of carbonyl (C=O) groups excluding carboxylic acids is 3. The molecular formula is C22H30N6O4S. The molecule has 1 fully saturated rings. The highest BCUT2D eigenvalue weighted by molar-refractivity contribution is 7.98. The summed E-state index contributed by atoms with van der Waals surface area (Å²) in [4.78, 5) is 42.9. The monoisotopic (exact) mass is 474 g/mol. The molecule has 33 heavy (non-hydrogen) atoms. The number of hydrogen-bond donors (Lipinski definition) is 3. The molecule has 0 aliphatic heterocycles. The Morgan fingerprint density at radius 1 is 1.21 bits per heavy atom. The zero-order valence-electron chi connectivity index (χ0n) is 19.0. The molecule has 2 heterocycles. The second kappa shape index (κ2) is 11.3. The van der Waals surface area contributed by atoms with E-state index < -0.39 is 17.7 Å². The number of aromatic nitrogens is 3. The predicted octanol–water partition coefficient (Wildman–Crippen LogP) is 2.47. The van der Waals surface area contributed by atoms with Gasteiger partial charge in [0.25, 0.3) is 17.0 Å². The van der Waals surface area contributed by atoms with Crippen LogP contribution >= 0.6 is 11.8 Å². The number of anilines is 1. The van der Waals surface area contributed by atoms with Crippen molar-refractivity contribution in [3.05, 3.63) is 29.8 Å². The molecule has 0 saturated heterocycles. The van der Waals surface area contributed by atoms with Crippen molar-refractivity contribution < 1.29 is 18.8 Å². The Bertz CT molecular complexity index is 978. The first-order valence-electron chi connectivity index (χ1n) is 11.0. The van der Waals surface area contributed by atoms with E-state index in [2.05, 4.69) is 25.8 Å². The van der Waals surface area contributed by atoms with Gasteiger partial charge in [-0.25, -0.2) is 4.98 Å². The zero-order valence-corrected chi connectivity index (χ0v) is 19.9. The van der Waals surface area contributed by atoms with Crippen molar-refractivity contribution in [2.75, 3.05) is 12.0 Å². The lowest BCUT2D eigenvalue weighted by atomic mass is 9.83. The van der Waals surface area contributed by atoms with Gasteiger partial charge >= 0.3 is 0 Å².